The average molecular weight is 154 g/mol. The fraction of sp³-hybridized carbons (Fsp3) is 0.0833. The van der Waals surface area contributed by atoms with Crippen molar-refractivity contribution in [1.82, 2.24) is 0 Å². The van der Waals surface area contributed by atoms with Crippen molar-refractivity contribution in [2.75, 3.05) is 0 Å². The summed E-state index contributed by atoms with van der Waals surface area (Å²) in [6.07, 6.45) is 0. The van der Waals surface area contributed by atoms with E-state index in [1.165, 1.54) is 16.3 Å². The predicted octanol–water partition coefficient (Wildman–Crippen LogP) is 3.21. The molecule has 0 bridgehead atoms. The molecule has 0 N–H and O–H groups in total. The molecule has 2 aromatic rings. The zero-order valence-corrected chi connectivity index (χ0v) is 7.04. The van der Waals surface area contributed by atoms with Crippen LogP contribution in [0.2, 0.25) is 0 Å². The van der Waals surface area contributed by atoms with Crippen LogP contribution in [0.25, 0.3) is 10.8 Å². The monoisotopic (exact) mass is 154 g/mol. The van der Waals surface area contributed by atoms with E-state index in [-0.39, 0.29) is 0 Å². The van der Waals surface area contributed by atoms with E-state index in [1.54, 1.807) is 0 Å². The average Bonchev–Trinajstić information content (AvgIpc) is 2.05. The highest BCUT2D eigenvalue weighted by molar-refractivity contribution is 5.83. The first-order chi connectivity index (χ1) is 5.75. The minimum atomic E-state index is 0.825. The Morgan fingerprint density at radius 1 is 0.917 bits per heavy atom. The highest BCUT2D eigenvalue weighted by atomic mass is 14.0. The molecule has 2 radical (unpaired) electrons. The minimum absolute atomic E-state index is 0.825. The number of benzene rings is 2. The lowest BCUT2D eigenvalue weighted by Gasteiger charge is -1.99. The van der Waals surface area contributed by atoms with Crippen molar-refractivity contribution in [3.63, 3.8) is 0 Å². The Bertz CT molecular complexity index is 372. The first-order valence-corrected chi connectivity index (χ1v) is 4.01. The topological polar surface area (TPSA) is 0 Å². The Hall–Kier alpha value is -1.30. The second kappa shape index (κ2) is 2.63. The van der Waals surface area contributed by atoms with Crippen molar-refractivity contribution >= 4 is 10.8 Å². The van der Waals surface area contributed by atoms with Gasteiger partial charge in [-0.25, -0.2) is 0 Å². The summed E-state index contributed by atoms with van der Waals surface area (Å²) >= 11 is 0. The highest BCUT2D eigenvalue weighted by Crippen LogP contribution is 2.16. The van der Waals surface area contributed by atoms with Crippen LogP contribution in [0.15, 0.2) is 36.4 Å². The van der Waals surface area contributed by atoms with Gasteiger partial charge < -0.3 is 0 Å². The molecule has 0 heteroatoms. The number of hydrogen-bond acceptors (Lipinski definition) is 0. The van der Waals surface area contributed by atoms with E-state index in [4.69, 9.17) is 6.92 Å². The van der Waals surface area contributed by atoms with Crippen LogP contribution in [-0.2, 0) is 0 Å². The van der Waals surface area contributed by atoms with Crippen molar-refractivity contribution < 1.29 is 0 Å². The van der Waals surface area contributed by atoms with E-state index in [9.17, 15) is 0 Å². The van der Waals surface area contributed by atoms with Gasteiger partial charge in [0.15, 0.2) is 0 Å². The van der Waals surface area contributed by atoms with Gasteiger partial charge in [0, 0.05) is 0 Å². The molecule has 2 rings (SSSR count). The smallest absolute Gasteiger partial charge is 0.00118 e. The summed E-state index contributed by atoms with van der Waals surface area (Å²) in [4.78, 5) is 0. The van der Waals surface area contributed by atoms with Gasteiger partial charge in [0.25, 0.3) is 0 Å². The summed E-state index contributed by atoms with van der Waals surface area (Å²) in [5.41, 5.74) is 2.11. The minimum Gasteiger partial charge on any atom is -0.0587 e. The predicted molar refractivity (Wildman–Crippen MR) is 52.1 cm³/mol. The molecule has 0 aromatic heterocycles. The quantitative estimate of drug-likeness (QED) is 0.546. The lowest BCUT2D eigenvalue weighted by atomic mass is 10.1. The molecule has 0 aliphatic rings. The van der Waals surface area contributed by atoms with Crippen LogP contribution in [0.5, 0.6) is 0 Å². The molecule has 0 atom stereocenters. The number of aryl methyl sites for hydroxylation is 1. The van der Waals surface area contributed by atoms with Crippen LogP contribution in [0.1, 0.15) is 11.1 Å². The molecule has 0 saturated heterocycles. The van der Waals surface area contributed by atoms with E-state index in [0.29, 0.717) is 0 Å². The molecule has 2 aromatic carbocycles. The van der Waals surface area contributed by atoms with E-state index in [1.807, 2.05) is 12.1 Å². The first-order valence-electron chi connectivity index (χ1n) is 4.01. The Morgan fingerprint density at radius 3 is 2.42 bits per heavy atom. The maximum atomic E-state index is 5.66. The van der Waals surface area contributed by atoms with Gasteiger partial charge >= 0.3 is 0 Å². The molecule has 0 unspecified atom stereocenters. The van der Waals surface area contributed by atoms with Crippen LogP contribution in [-0.4, -0.2) is 0 Å². The fourth-order valence-corrected chi connectivity index (χ4v) is 1.38. The largest absolute Gasteiger partial charge is 0.0587 e. The molecule has 0 spiro atoms. The molecule has 0 nitrogen and oxygen atoms in total. The number of fused-ring (bicyclic) bond motifs is 1. The van der Waals surface area contributed by atoms with Gasteiger partial charge in [0.05, 0.1) is 0 Å². The summed E-state index contributed by atoms with van der Waals surface area (Å²) in [5, 5.41) is 2.46. The molecule has 12 heavy (non-hydrogen) atoms. The van der Waals surface area contributed by atoms with Gasteiger partial charge in [-0.1, -0.05) is 42.0 Å². The number of rotatable bonds is 0. The van der Waals surface area contributed by atoms with E-state index in [2.05, 4.69) is 31.2 Å². The molecule has 0 fully saturated rings. The fourth-order valence-electron chi connectivity index (χ4n) is 1.38. The van der Waals surface area contributed by atoms with E-state index < -0.39 is 0 Å². The van der Waals surface area contributed by atoms with E-state index in [0.717, 1.165) is 5.56 Å². The second-order valence-electron chi connectivity index (χ2n) is 3.11. The summed E-state index contributed by atoms with van der Waals surface area (Å²) in [5.74, 6) is 0. The molecule has 0 heterocycles. The lowest BCUT2D eigenvalue weighted by molar-refractivity contribution is 1.50. The van der Waals surface area contributed by atoms with Crippen LogP contribution in [0, 0.1) is 13.8 Å². The first kappa shape index (κ1) is 7.35. The van der Waals surface area contributed by atoms with Gasteiger partial charge in [-0.3, -0.25) is 0 Å². The van der Waals surface area contributed by atoms with Crippen molar-refractivity contribution in [1.29, 1.82) is 0 Å². The Labute approximate surface area is 72.8 Å². The molecule has 0 aliphatic heterocycles. The van der Waals surface area contributed by atoms with Crippen LogP contribution in [0.4, 0.5) is 0 Å². The maximum Gasteiger partial charge on any atom is -0.00118 e. The molecule has 0 aliphatic carbocycles. The highest BCUT2D eigenvalue weighted by Gasteiger charge is 1.92. The summed E-state index contributed by atoms with van der Waals surface area (Å²) in [7, 11) is 0. The normalized spacial score (nSPS) is 10.5. The van der Waals surface area contributed by atoms with Gasteiger partial charge in [-0.05, 0) is 30.2 Å². The van der Waals surface area contributed by atoms with Crippen molar-refractivity contribution in [2.24, 2.45) is 0 Å². The van der Waals surface area contributed by atoms with Gasteiger partial charge in [-0.2, -0.15) is 0 Å². The van der Waals surface area contributed by atoms with Crippen molar-refractivity contribution in [2.45, 2.75) is 6.92 Å². The lowest BCUT2D eigenvalue weighted by Crippen LogP contribution is -1.76. The zero-order chi connectivity index (χ0) is 8.55. The summed E-state index contributed by atoms with van der Waals surface area (Å²) in [6.45, 7) is 7.75. The van der Waals surface area contributed by atoms with Crippen LogP contribution < -0.4 is 0 Å². The molecule has 58 valence electrons. The van der Waals surface area contributed by atoms with Crippen molar-refractivity contribution in [3.8, 4) is 0 Å². The van der Waals surface area contributed by atoms with Crippen LogP contribution in [0.3, 0.4) is 0 Å². The van der Waals surface area contributed by atoms with Gasteiger partial charge in [-0.15, -0.1) is 0 Å². The molecule has 0 saturated carbocycles. The zero-order valence-electron chi connectivity index (χ0n) is 7.04. The molecule has 0 amide bonds. The third-order valence-corrected chi connectivity index (χ3v) is 2.02. The summed E-state index contributed by atoms with van der Waals surface area (Å²) < 4.78 is 0. The second-order valence-corrected chi connectivity index (χ2v) is 3.11. The SMILES string of the molecule is [CH]c1ccc2cc(C)ccc2c1. The third kappa shape index (κ3) is 1.20. The maximum absolute atomic E-state index is 5.66. The summed E-state index contributed by atoms with van der Waals surface area (Å²) in [6, 6.07) is 12.3. The number of hydrogen-bond donors (Lipinski definition) is 0. The van der Waals surface area contributed by atoms with E-state index >= 15 is 0 Å². The molecular weight excluding hydrogens is 144 g/mol. The van der Waals surface area contributed by atoms with Crippen molar-refractivity contribution in [3.05, 3.63) is 54.4 Å². The standard InChI is InChI=1S/C12H10/c1-9-3-5-12-8-10(2)4-6-11(12)7-9/h1,3-8H,2H3. The third-order valence-electron chi connectivity index (χ3n) is 2.02. The molecular formula is C12H10. The Morgan fingerprint density at radius 2 is 1.58 bits per heavy atom. The van der Waals surface area contributed by atoms with Gasteiger partial charge in [0.1, 0.15) is 0 Å². The Kier molecular flexibility index (Phi) is 1.61. The van der Waals surface area contributed by atoms with Crippen LogP contribution >= 0.6 is 0 Å². The Balaban J connectivity index is 2.79. The van der Waals surface area contributed by atoms with Gasteiger partial charge in [0.2, 0.25) is 0 Å².